The zero-order valence-electron chi connectivity index (χ0n) is 7.91. The molecule has 0 spiro atoms. The first-order chi connectivity index (χ1) is 6.13. The summed E-state index contributed by atoms with van der Waals surface area (Å²) in [5.41, 5.74) is 2.67. The van der Waals surface area contributed by atoms with Crippen molar-refractivity contribution in [3.05, 3.63) is 29.1 Å². The molecule has 0 bridgehead atoms. The van der Waals surface area contributed by atoms with Crippen LogP contribution in [0.25, 0.3) is 0 Å². The Hall–Kier alpha value is -1.33. The van der Waals surface area contributed by atoms with E-state index in [9.17, 15) is 5.11 Å². The number of nitrogens with zero attached hydrogens (tertiary/aromatic N) is 1. The molecule has 1 aromatic heterocycles. The number of hydrogen-bond acceptors (Lipinski definition) is 2. The number of aromatic nitrogens is 1. The summed E-state index contributed by atoms with van der Waals surface area (Å²) in [6.07, 6.45) is 4.90. The monoisotopic (exact) mass is 175 g/mol. The lowest BCUT2D eigenvalue weighted by molar-refractivity contribution is 0.184. The largest absolute Gasteiger partial charge is 0.387 e. The van der Waals surface area contributed by atoms with Crippen molar-refractivity contribution < 1.29 is 5.11 Å². The van der Waals surface area contributed by atoms with Crippen molar-refractivity contribution in [1.82, 2.24) is 4.98 Å². The number of aryl methyl sites for hydroxylation is 2. The second-order valence-corrected chi connectivity index (χ2v) is 3.11. The van der Waals surface area contributed by atoms with Gasteiger partial charge in [-0.2, -0.15) is 0 Å². The molecule has 13 heavy (non-hydrogen) atoms. The summed E-state index contributed by atoms with van der Waals surface area (Å²) in [7, 11) is 0. The topological polar surface area (TPSA) is 33.1 Å². The Kier molecular flexibility index (Phi) is 3.05. The van der Waals surface area contributed by atoms with Crippen molar-refractivity contribution in [2.45, 2.75) is 26.4 Å². The minimum Gasteiger partial charge on any atom is -0.387 e. The molecule has 1 heterocycles. The molecule has 0 aliphatic heterocycles. The summed E-state index contributed by atoms with van der Waals surface area (Å²) >= 11 is 0. The van der Waals surface area contributed by atoms with Crippen molar-refractivity contribution in [2.24, 2.45) is 0 Å². The fraction of sp³-hybridized carbons (Fsp3) is 0.364. The van der Waals surface area contributed by atoms with E-state index < -0.39 is 6.10 Å². The molecule has 2 heteroatoms. The minimum atomic E-state index is -0.564. The third-order valence-electron chi connectivity index (χ3n) is 1.80. The van der Waals surface area contributed by atoms with Crippen molar-refractivity contribution in [2.75, 3.05) is 0 Å². The Morgan fingerprint density at radius 1 is 1.46 bits per heavy atom. The van der Waals surface area contributed by atoms with E-state index in [0.29, 0.717) is 6.42 Å². The van der Waals surface area contributed by atoms with Gasteiger partial charge in [0.2, 0.25) is 0 Å². The maximum atomic E-state index is 9.60. The molecule has 0 aliphatic rings. The predicted molar refractivity (Wildman–Crippen MR) is 52.1 cm³/mol. The Morgan fingerprint density at radius 3 is 2.46 bits per heavy atom. The van der Waals surface area contributed by atoms with Gasteiger partial charge in [-0.1, -0.05) is 0 Å². The summed E-state index contributed by atoms with van der Waals surface area (Å²) in [5, 5.41) is 9.60. The number of rotatable bonds is 2. The normalized spacial score (nSPS) is 12.2. The fourth-order valence-electron chi connectivity index (χ4n) is 1.29. The van der Waals surface area contributed by atoms with E-state index in [1.165, 1.54) is 0 Å². The van der Waals surface area contributed by atoms with Crippen LogP contribution in [0.3, 0.4) is 0 Å². The SMILES string of the molecule is C#CCC(O)c1cc(C)nc(C)c1. The smallest absolute Gasteiger partial charge is 0.0900 e. The van der Waals surface area contributed by atoms with Gasteiger partial charge in [-0.3, -0.25) is 4.98 Å². The highest BCUT2D eigenvalue weighted by Crippen LogP contribution is 2.17. The van der Waals surface area contributed by atoms with Crippen LogP contribution >= 0.6 is 0 Å². The molecule has 0 radical (unpaired) electrons. The van der Waals surface area contributed by atoms with Crippen molar-refractivity contribution >= 4 is 0 Å². The van der Waals surface area contributed by atoms with Crippen molar-refractivity contribution in [1.29, 1.82) is 0 Å². The van der Waals surface area contributed by atoms with Gasteiger partial charge in [-0.05, 0) is 31.5 Å². The molecule has 1 unspecified atom stereocenters. The van der Waals surface area contributed by atoms with E-state index in [1.807, 2.05) is 26.0 Å². The number of aliphatic hydroxyl groups is 1. The van der Waals surface area contributed by atoms with Gasteiger partial charge in [-0.15, -0.1) is 12.3 Å². The molecule has 0 aliphatic carbocycles. The van der Waals surface area contributed by atoms with Crippen LogP contribution in [0.4, 0.5) is 0 Å². The average Bonchev–Trinajstić information content (AvgIpc) is 2.03. The van der Waals surface area contributed by atoms with Crippen molar-refractivity contribution in [3.63, 3.8) is 0 Å². The van der Waals surface area contributed by atoms with E-state index in [-0.39, 0.29) is 0 Å². The van der Waals surface area contributed by atoms with Crippen LogP contribution < -0.4 is 0 Å². The first-order valence-corrected chi connectivity index (χ1v) is 4.20. The van der Waals surface area contributed by atoms with Gasteiger partial charge in [0, 0.05) is 17.8 Å². The predicted octanol–water partition coefficient (Wildman–Crippen LogP) is 1.76. The van der Waals surface area contributed by atoms with E-state index >= 15 is 0 Å². The minimum absolute atomic E-state index is 0.350. The van der Waals surface area contributed by atoms with Crippen LogP contribution in [0.2, 0.25) is 0 Å². The maximum absolute atomic E-state index is 9.60. The Balaban J connectivity index is 2.95. The van der Waals surface area contributed by atoms with Gasteiger partial charge in [-0.25, -0.2) is 0 Å². The van der Waals surface area contributed by atoms with Crippen LogP contribution in [-0.4, -0.2) is 10.1 Å². The molecule has 1 rings (SSSR count). The van der Waals surface area contributed by atoms with E-state index in [1.54, 1.807) is 0 Å². The lowest BCUT2D eigenvalue weighted by Gasteiger charge is -2.08. The van der Waals surface area contributed by atoms with Gasteiger partial charge in [0.05, 0.1) is 6.10 Å². The quantitative estimate of drug-likeness (QED) is 0.695. The lowest BCUT2D eigenvalue weighted by Crippen LogP contribution is -1.98. The molecule has 1 N–H and O–H groups in total. The molecule has 0 saturated heterocycles. The molecule has 0 fully saturated rings. The van der Waals surface area contributed by atoms with Crippen LogP contribution in [0, 0.1) is 26.2 Å². The molecule has 1 aromatic rings. The van der Waals surface area contributed by atoms with Gasteiger partial charge >= 0.3 is 0 Å². The zero-order valence-corrected chi connectivity index (χ0v) is 7.91. The third kappa shape index (κ3) is 2.57. The Morgan fingerprint density at radius 2 is 2.00 bits per heavy atom. The molecule has 0 amide bonds. The zero-order chi connectivity index (χ0) is 9.84. The van der Waals surface area contributed by atoms with E-state index in [4.69, 9.17) is 6.42 Å². The standard InChI is InChI=1S/C11H13NO/c1-4-5-11(13)10-6-8(2)12-9(3)7-10/h1,6-7,11,13H,5H2,2-3H3. The molecule has 68 valence electrons. The fourth-order valence-corrected chi connectivity index (χ4v) is 1.29. The molecule has 0 aromatic carbocycles. The first kappa shape index (κ1) is 9.76. The molecular formula is C11H13NO. The molecular weight excluding hydrogens is 162 g/mol. The second kappa shape index (κ2) is 4.06. The number of hydrogen-bond donors (Lipinski definition) is 1. The highest BCUT2D eigenvalue weighted by molar-refractivity contribution is 5.23. The van der Waals surface area contributed by atoms with Crippen LogP contribution in [0.15, 0.2) is 12.1 Å². The highest BCUT2D eigenvalue weighted by Gasteiger charge is 2.06. The van der Waals surface area contributed by atoms with Crippen molar-refractivity contribution in [3.8, 4) is 12.3 Å². The van der Waals surface area contributed by atoms with Gasteiger partial charge in [0.1, 0.15) is 0 Å². The summed E-state index contributed by atoms with van der Waals surface area (Å²) in [5.74, 6) is 2.43. The average molecular weight is 175 g/mol. The van der Waals surface area contributed by atoms with Crippen LogP contribution in [0.1, 0.15) is 29.5 Å². The maximum Gasteiger partial charge on any atom is 0.0900 e. The Labute approximate surface area is 78.6 Å². The van der Waals surface area contributed by atoms with Gasteiger partial charge in [0.15, 0.2) is 0 Å². The summed E-state index contributed by atoms with van der Waals surface area (Å²) in [4.78, 5) is 4.21. The van der Waals surface area contributed by atoms with Gasteiger partial charge < -0.3 is 5.11 Å². The molecule has 1 atom stereocenters. The number of aliphatic hydroxyl groups excluding tert-OH is 1. The van der Waals surface area contributed by atoms with E-state index in [2.05, 4.69) is 10.9 Å². The Bertz CT molecular complexity index is 318. The van der Waals surface area contributed by atoms with Gasteiger partial charge in [0.25, 0.3) is 0 Å². The second-order valence-electron chi connectivity index (χ2n) is 3.11. The first-order valence-electron chi connectivity index (χ1n) is 4.20. The molecule has 0 saturated carbocycles. The summed E-state index contributed by atoms with van der Waals surface area (Å²) in [6.45, 7) is 3.80. The van der Waals surface area contributed by atoms with Crippen LogP contribution in [-0.2, 0) is 0 Å². The lowest BCUT2D eigenvalue weighted by atomic mass is 10.1. The number of pyridine rings is 1. The van der Waals surface area contributed by atoms with Crippen LogP contribution in [0.5, 0.6) is 0 Å². The van der Waals surface area contributed by atoms with E-state index in [0.717, 1.165) is 17.0 Å². The molecule has 2 nitrogen and oxygen atoms in total. The third-order valence-corrected chi connectivity index (χ3v) is 1.80. The number of terminal acetylenes is 1. The summed E-state index contributed by atoms with van der Waals surface area (Å²) < 4.78 is 0. The summed E-state index contributed by atoms with van der Waals surface area (Å²) in [6, 6.07) is 3.71. The highest BCUT2D eigenvalue weighted by atomic mass is 16.3.